The number of aromatic nitrogens is 2. The van der Waals surface area contributed by atoms with Crippen molar-refractivity contribution in [1.82, 2.24) is 9.55 Å². The van der Waals surface area contributed by atoms with Gasteiger partial charge in [-0.15, -0.1) is 0 Å². The fourth-order valence-corrected chi connectivity index (χ4v) is 1.40. The van der Waals surface area contributed by atoms with E-state index in [0.29, 0.717) is 5.95 Å². The summed E-state index contributed by atoms with van der Waals surface area (Å²) in [5.74, 6) is -0.607. The van der Waals surface area contributed by atoms with Gasteiger partial charge in [0.25, 0.3) is 5.56 Å². The molecular formula is C10H15N3O3. The van der Waals surface area contributed by atoms with Crippen molar-refractivity contribution >= 4 is 11.7 Å². The third-order valence-corrected chi connectivity index (χ3v) is 2.25. The second-order valence-corrected chi connectivity index (χ2v) is 3.65. The monoisotopic (exact) mass is 225 g/mol. The summed E-state index contributed by atoms with van der Waals surface area (Å²) in [6, 6.07) is 0. The molecule has 6 nitrogen and oxygen atoms in total. The van der Waals surface area contributed by atoms with E-state index in [4.69, 9.17) is 0 Å². The predicted octanol–water partition coefficient (Wildman–Crippen LogP) is 0.145. The van der Waals surface area contributed by atoms with Gasteiger partial charge in [0, 0.05) is 27.6 Å². The molecule has 0 aromatic carbocycles. The average Bonchev–Trinajstić information content (AvgIpc) is 2.22. The van der Waals surface area contributed by atoms with Crippen LogP contribution in [0.15, 0.2) is 4.79 Å². The van der Waals surface area contributed by atoms with Crippen LogP contribution in [-0.4, -0.2) is 34.5 Å². The summed E-state index contributed by atoms with van der Waals surface area (Å²) in [7, 11) is 4.90. The van der Waals surface area contributed by atoms with Crippen molar-refractivity contribution in [3.63, 3.8) is 0 Å². The molecular weight excluding hydrogens is 210 g/mol. The topological polar surface area (TPSA) is 75.4 Å². The van der Waals surface area contributed by atoms with Crippen LogP contribution in [-0.2, 0) is 7.05 Å². The first-order valence-electron chi connectivity index (χ1n) is 4.90. The highest BCUT2D eigenvalue weighted by Crippen LogP contribution is 2.15. The van der Waals surface area contributed by atoms with E-state index in [-0.39, 0.29) is 12.0 Å². The van der Waals surface area contributed by atoms with Gasteiger partial charge in [0.1, 0.15) is 5.56 Å². The van der Waals surface area contributed by atoms with E-state index in [1.807, 2.05) is 0 Å². The SMILES string of the molecule is CCC(=O)c1c(O)nc(N(C)C)n(C)c1=O. The maximum absolute atomic E-state index is 11.8. The van der Waals surface area contributed by atoms with Crippen LogP contribution in [0.1, 0.15) is 23.7 Å². The number of carbonyl (C=O) groups excluding carboxylic acids is 1. The highest BCUT2D eigenvalue weighted by Gasteiger charge is 2.19. The molecule has 0 radical (unpaired) electrons. The van der Waals surface area contributed by atoms with Gasteiger partial charge in [-0.1, -0.05) is 6.92 Å². The van der Waals surface area contributed by atoms with Gasteiger partial charge in [0.15, 0.2) is 5.78 Å². The van der Waals surface area contributed by atoms with Crippen molar-refractivity contribution in [2.75, 3.05) is 19.0 Å². The van der Waals surface area contributed by atoms with E-state index in [0.717, 1.165) is 0 Å². The molecule has 0 bridgehead atoms. The molecule has 1 rings (SSSR count). The minimum absolute atomic E-state index is 0.159. The highest BCUT2D eigenvalue weighted by atomic mass is 16.3. The van der Waals surface area contributed by atoms with Gasteiger partial charge >= 0.3 is 0 Å². The Balaban J connectivity index is 3.53. The number of hydrogen-bond donors (Lipinski definition) is 1. The van der Waals surface area contributed by atoms with Crippen LogP contribution in [0, 0.1) is 0 Å². The zero-order valence-corrected chi connectivity index (χ0v) is 9.81. The van der Waals surface area contributed by atoms with Crippen molar-refractivity contribution in [2.24, 2.45) is 7.05 Å². The first-order chi connectivity index (χ1) is 7.40. The van der Waals surface area contributed by atoms with Crippen molar-refractivity contribution in [2.45, 2.75) is 13.3 Å². The van der Waals surface area contributed by atoms with Crippen LogP contribution in [0.5, 0.6) is 5.88 Å². The van der Waals surface area contributed by atoms with Gasteiger partial charge in [-0.2, -0.15) is 4.98 Å². The van der Waals surface area contributed by atoms with Gasteiger partial charge in [0.2, 0.25) is 11.8 Å². The number of aromatic hydroxyl groups is 1. The molecule has 1 aromatic rings. The number of hydrogen-bond acceptors (Lipinski definition) is 5. The fourth-order valence-electron chi connectivity index (χ4n) is 1.40. The van der Waals surface area contributed by atoms with Gasteiger partial charge in [-0.05, 0) is 0 Å². The van der Waals surface area contributed by atoms with Gasteiger partial charge in [0.05, 0.1) is 0 Å². The lowest BCUT2D eigenvalue weighted by Crippen LogP contribution is -2.30. The van der Waals surface area contributed by atoms with E-state index >= 15 is 0 Å². The summed E-state index contributed by atoms with van der Waals surface area (Å²) in [5, 5.41) is 9.58. The standard InChI is InChI=1S/C10H15N3O3/c1-5-6(14)7-8(15)11-10(12(2)3)13(4)9(7)16/h15H,5H2,1-4H3. The number of anilines is 1. The summed E-state index contributed by atoms with van der Waals surface area (Å²) >= 11 is 0. The molecule has 0 saturated heterocycles. The number of nitrogens with zero attached hydrogens (tertiary/aromatic N) is 3. The summed E-state index contributed by atoms with van der Waals surface area (Å²) < 4.78 is 1.24. The normalized spacial score (nSPS) is 10.2. The maximum atomic E-state index is 11.8. The minimum Gasteiger partial charge on any atom is -0.493 e. The molecule has 1 aromatic heterocycles. The highest BCUT2D eigenvalue weighted by molar-refractivity contribution is 5.97. The van der Waals surface area contributed by atoms with Crippen molar-refractivity contribution in [3.8, 4) is 5.88 Å². The molecule has 0 aliphatic carbocycles. The Hall–Kier alpha value is -1.85. The van der Waals surface area contributed by atoms with Crippen LogP contribution < -0.4 is 10.5 Å². The van der Waals surface area contributed by atoms with Crippen LogP contribution in [0.4, 0.5) is 5.95 Å². The van der Waals surface area contributed by atoms with Crippen LogP contribution in [0.3, 0.4) is 0 Å². The van der Waals surface area contributed by atoms with Crippen molar-refractivity contribution in [1.29, 1.82) is 0 Å². The van der Waals surface area contributed by atoms with E-state index in [9.17, 15) is 14.7 Å². The molecule has 0 amide bonds. The molecule has 1 N–H and O–H groups in total. The minimum atomic E-state index is -0.525. The molecule has 0 atom stereocenters. The molecule has 88 valence electrons. The van der Waals surface area contributed by atoms with Gasteiger partial charge < -0.3 is 10.0 Å². The van der Waals surface area contributed by atoms with E-state index in [2.05, 4.69) is 4.98 Å². The third-order valence-electron chi connectivity index (χ3n) is 2.25. The Morgan fingerprint density at radius 3 is 2.50 bits per heavy atom. The molecule has 16 heavy (non-hydrogen) atoms. The Morgan fingerprint density at radius 1 is 1.50 bits per heavy atom. The van der Waals surface area contributed by atoms with Crippen molar-refractivity contribution < 1.29 is 9.90 Å². The van der Waals surface area contributed by atoms with E-state index < -0.39 is 17.2 Å². The summed E-state index contributed by atoms with van der Waals surface area (Å²) in [6.07, 6.45) is 0.159. The molecule has 0 aliphatic heterocycles. The average molecular weight is 225 g/mol. The largest absolute Gasteiger partial charge is 0.493 e. The zero-order chi connectivity index (χ0) is 12.5. The molecule has 6 heteroatoms. The Morgan fingerprint density at radius 2 is 2.06 bits per heavy atom. The summed E-state index contributed by atoms with van der Waals surface area (Å²) in [5.41, 5.74) is -0.765. The van der Waals surface area contributed by atoms with Crippen LogP contribution in [0.2, 0.25) is 0 Å². The number of ketones is 1. The third kappa shape index (κ3) is 1.91. The maximum Gasteiger partial charge on any atom is 0.269 e. The molecule has 0 spiro atoms. The number of rotatable bonds is 3. The van der Waals surface area contributed by atoms with Gasteiger partial charge in [-0.3, -0.25) is 14.2 Å². The van der Waals surface area contributed by atoms with Crippen LogP contribution in [0.25, 0.3) is 0 Å². The lowest BCUT2D eigenvalue weighted by molar-refractivity contribution is 0.0982. The zero-order valence-electron chi connectivity index (χ0n) is 9.81. The lowest BCUT2D eigenvalue weighted by Gasteiger charge is -2.16. The molecule has 0 aliphatic rings. The lowest BCUT2D eigenvalue weighted by atomic mass is 10.1. The number of Topliss-reactive ketones (excluding diaryl/α,β-unsaturated/α-hetero) is 1. The second-order valence-electron chi connectivity index (χ2n) is 3.65. The quantitative estimate of drug-likeness (QED) is 0.741. The summed E-state index contributed by atoms with van der Waals surface area (Å²) in [6.45, 7) is 1.63. The molecule has 1 heterocycles. The second kappa shape index (κ2) is 4.34. The van der Waals surface area contributed by atoms with Crippen LogP contribution >= 0.6 is 0 Å². The van der Waals surface area contributed by atoms with Gasteiger partial charge in [-0.25, -0.2) is 0 Å². The smallest absolute Gasteiger partial charge is 0.269 e. The molecule has 0 unspecified atom stereocenters. The molecule has 0 fully saturated rings. The van der Waals surface area contributed by atoms with E-state index in [1.165, 1.54) is 11.6 Å². The Labute approximate surface area is 93.1 Å². The number of carbonyl (C=O) groups is 1. The predicted molar refractivity (Wildman–Crippen MR) is 60.1 cm³/mol. The fraction of sp³-hybridized carbons (Fsp3) is 0.500. The first-order valence-corrected chi connectivity index (χ1v) is 4.90. The Bertz CT molecular complexity index is 477. The van der Waals surface area contributed by atoms with E-state index in [1.54, 1.807) is 25.9 Å². The first kappa shape index (κ1) is 12.2. The summed E-state index contributed by atoms with van der Waals surface area (Å²) in [4.78, 5) is 28.7. The molecule has 0 saturated carbocycles. The Kier molecular flexibility index (Phi) is 3.31. The van der Waals surface area contributed by atoms with Crippen molar-refractivity contribution in [3.05, 3.63) is 15.9 Å².